The highest BCUT2D eigenvalue weighted by molar-refractivity contribution is 5.94. The molecule has 6 nitrogen and oxygen atoms in total. The minimum atomic E-state index is 0.0346. The van der Waals surface area contributed by atoms with E-state index in [9.17, 15) is 4.79 Å². The highest BCUT2D eigenvalue weighted by Gasteiger charge is 2.32. The summed E-state index contributed by atoms with van der Waals surface area (Å²) >= 11 is 0. The molecule has 5 rings (SSSR count). The second-order valence-corrected chi connectivity index (χ2v) is 9.68. The molecule has 3 aromatic rings. The van der Waals surface area contributed by atoms with Gasteiger partial charge in [0.25, 0.3) is 0 Å². The van der Waals surface area contributed by atoms with Crippen LogP contribution in [0.1, 0.15) is 51.0 Å². The zero-order valence-corrected chi connectivity index (χ0v) is 20.3. The molecule has 1 aliphatic carbocycles. The summed E-state index contributed by atoms with van der Waals surface area (Å²) in [7, 11) is 1.66. The number of hydrogen-bond acceptors (Lipinski definition) is 3. The van der Waals surface area contributed by atoms with E-state index < -0.39 is 0 Å². The average molecular weight is 462 g/mol. The summed E-state index contributed by atoms with van der Waals surface area (Å²) in [6, 6.07) is 14.3. The van der Waals surface area contributed by atoms with E-state index in [1.807, 2.05) is 40.3 Å². The van der Waals surface area contributed by atoms with Gasteiger partial charge in [-0.3, -0.25) is 4.90 Å². The van der Waals surface area contributed by atoms with Crippen LogP contribution in [0.2, 0.25) is 0 Å². The number of aromatic nitrogens is 1. The predicted molar refractivity (Wildman–Crippen MR) is 136 cm³/mol. The molecule has 1 saturated carbocycles. The van der Waals surface area contributed by atoms with Crippen molar-refractivity contribution < 1.29 is 14.3 Å². The van der Waals surface area contributed by atoms with Crippen molar-refractivity contribution in [3.05, 3.63) is 54.2 Å². The zero-order valence-electron chi connectivity index (χ0n) is 20.3. The van der Waals surface area contributed by atoms with E-state index in [-0.39, 0.29) is 12.1 Å². The Kier molecular flexibility index (Phi) is 6.66. The van der Waals surface area contributed by atoms with Gasteiger partial charge in [0, 0.05) is 48.0 Å². The van der Waals surface area contributed by atoms with Gasteiger partial charge in [-0.2, -0.15) is 0 Å². The lowest BCUT2D eigenvalue weighted by Gasteiger charge is -2.40. The van der Waals surface area contributed by atoms with Crippen molar-refractivity contribution in [3.8, 4) is 11.5 Å². The third-order valence-corrected chi connectivity index (χ3v) is 7.50. The Morgan fingerprint density at radius 1 is 1.09 bits per heavy atom. The summed E-state index contributed by atoms with van der Waals surface area (Å²) in [5.41, 5.74) is 3.11. The smallest absolute Gasteiger partial charge is 0.325 e. The summed E-state index contributed by atoms with van der Waals surface area (Å²) in [6.07, 6.45) is 9.25. The van der Waals surface area contributed by atoms with Crippen molar-refractivity contribution in [1.29, 1.82) is 0 Å². The number of aromatic amines is 1. The van der Waals surface area contributed by atoms with Crippen molar-refractivity contribution in [2.75, 3.05) is 25.2 Å². The number of methoxy groups -OCH3 is 1. The largest absolute Gasteiger partial charge is 0.493 e. The predicted octanol–water partition coefficient (Wildman–Crippen LogP) is 6.36. The molecule has 2 aromatic carbocycles. The normalized spacial score (nSPS) is 18.9. The number of ether oxygens (including phenoxy) is 2. The third kappa shape index (κ3) is 4.59. The molecule has 0 unspecified atom stereocenters. The number of carbonyl (C=O) groups is 1. The molecule has 180 valence electrons. The lowest BCUT2D eigenvalue weighted by Crippen LogP contribution is -2.53. The van der Waals surface area contributed by atoms with E-state index in [1.54, 1.807) is 7.11 Å². The van der Waals surface area contributed by atoms with Crippen LogP contribution >= 0.6 is 0 Å². The molecule has 1 aromatic heterocycles. The quantitative estimate of drug-likeness (QED) is 0.377. The van der Waals surface area contributed by atoms with Crippen molar-refractivity contribution in [2.24, 2.45) is 5.92 Å². The van der Waals surface area contributed by atoms with Crippen molar-refractivity contribution in [3.63, 3.8) is 0 Å². The minimum Gasteiger partial charge on any atom is -0.493 e. The van der Waals surface area contributed by atoms with Crippen LogP contribution in [0, 0.1) is 5.92 Å². The van der Waals surface area contributed by atoms with Crippen LogP contribution in [0.5, 0.6) is 11.5 Å². The Hall–Kier alpha value is -3.15. The molecule has 1 atom stereocenters. The fraction of sp³-hybridized carbons (Fsp3) is 0.464. The van der Waals surface area contributed by atoms with Gasteiger partial charge in [0.15, 0.2) is 11.5 Å². The van der Waals surface area contributed by atoms with E-state index in [2.05, 4.69) is 30.1 Å². The van der Waals surface area contributed by atoms with E-state index in [0.717, 1.165) is 35.5 Å². The number of benzene rings is 2. The Morgan fingerprint density at radius 2 is 1.97 bits per heavy atom. The number of nitrogens with one attached hydrogen (secondary N) is 1. The van der Waals surface area contributed by atoms with Crippen LogP contribution in [0.25, 0.3) is 10.9 Å². The van der Waals surface area contributed by atoms with Crippen LogP contribution < -0.4 is 14.4 Å². The first-order chi connectivity index (χ1) is 16.6. The first-order valence-corrected chi connectivity index (χ1v) is 12.6. The number of rotatable bonds is 9. The maximum absolute atomic E-state index is 13.6. The van der Waals surface area contributed by atoms with Crippen molar-refractivity contribution >= 4 is 22.6 Å². The van der Waals surface area contributed by atoms with Gasteiger partial charge in [-0.25, -0.2) is 4.79 Å². The SMILES string of the molecule is COc1ccc(N2CC[C@H](C)N(Cc3cccc4[nH]ccc34)C2=O)cc1OCCCC1CCC1. The lowest BCUT2D eigenvalue weighted by atomic mass is 9.82. The first-order valence-electron chi connectivity index (χ1n) is 12.6. The van der Waals surface area contributed by atoms with Gasteiger partial charge >= 0.3 is 6.03 Å². The van der Waals surface area contributed by atoms with Crippen LogP contribution in [0.4, 0.5) is 10.5 Å². The molecule has 1 saturated heterocycles. The number of hydrogen-bond donors (Lipinski definition) is 1. The second kappa shape index (κ2) is 10.00. The van der Waals surface area contributed by atoms with Gasteiger partial charge in [0.05, 0.1) is 13.7 Å². The Labute approximate surface area is 201 Å². The van der Waals surface area contributed by atoms with Gasteiger partial charge in [0.1, 0.15) is 0 Å². The molecule has 2 fully saturated rings. The highest BCUT2D eigenvalue weighted by atomic mass is 16.5. The minimum absolute atomic E-state index is 0.0346. The molecule has 6 heteroatoms. The highest BCUT2D eigenvalue weighted by Crippen LogP contribution is 2.35. The molecule has 2 aliphatic rings. The number of amides is 2. The molecule has 1 N–H and O–H groups in total. The van der Waals surface area contributed by atoms with Crippen LogP contribution in [0.15, 0.2) is 48.7 Å². The third-order valence-electron chi connectivity index (χ3n) is 7.50. The van der Waals surface area contributed by atoms with E-state index in [0.29, 0.717) is 31.2 Å². The molecule has 1 aliphatic heterocycles. The monoisotopic (exact) mass is 461 g/mol. The maximum Gasteiger partial charge on any atom is 0.325 e. The first kappa shape index (κ1) is 22.6. The molecule has 34 heavy (non-hydrogen) atoms. The van der Waals surface area contributed by atoms with Gasteiger partial charge in [-0.05, 0) is 61.9 Å². The number of anilines is 1. The number of urea groups is 1. The molecule has 2 heterocycles. The van der Waals surface area contributed by atoms with Crippen LogP contribution in [-0.2, 0) is 6.54 Å². The standard InChI is InChI=1S/C28H35N3O3/c1-20-14-16-30(28(32)31(20)19-22-9-4-10-25-24(22)13-15-29-25)23-11-12-26(33-2)27(18-23)34-17-5-8-21-6-3-7-21/h4,9-13,15,18,20-21,29H,3,5-8,14,16-17,19H2,1-2H3/t20-/m0/s1. The molecule has 0 bridgehead atoms. The van der Waals surface area contributed by atoms with Gasteiger partial charge in [-0.15, -0.1) is 0 Å². The Bertz CT molecular complexity index is 1140. The summed E-state index contributed by atoms with van der Waals surface area (Å²) in [5.74, 6) is 2.30. The molecule has 0 spiro atoms. The number of carbonyl (C=O) groups excluding carboxylic acids is 1. The summed E-state index contributed by atoms with van der Waals surface area (Å²) < 4.78 is 11.7. The molecular formula is C28H35N3O3. The van der Waals surface area contributed by atoms with Crippen molar-refractivity contribution in [2.45, 2.75) is 58.0 Å². The van der Waals surface area contributed by atoms with Gasteiger partial charge < -0.3 is 19.4 Å². The summed E-state index contributed by atoms with van der Waals surface area (Å²) in [6.45, 7) is 4.09. The van der Waals surface area contributed by atoms with E-state index in [1.165, 1.54) is 31.1 Å². The second-order valence-electron chi connectivity index (χ2n) is 9.68. The summed E-state index contributed by atoms with van der Waals surface area (Å²) in [4.78, 5) is 20.7. The Balaban J connectivity index is 1.31. The lowest BCUT2D eigenvalue weighted by molar-refractivity contribution is 0.166. The maximum atomic E-state index is 13.6. The summed E-state index contributed by atoms with van der Waals surface area (Å²) in [5, 5.41) is 1.17. The van der Waals surface area contributed by atoms with Crippen molar-refractivity contribution in [1.82, 2.24) is 9.88 Å². The molecule has 2 amide bonds. The van der Waals surface area contributed by atoms with E-state index in [4.69, 9.17) is 9.47 Å². The molecular weight excluding hydrogens is 426 g/mol. The number of nitrogens with zero attached hydrogens (tertiary/aromatic N) is 2. The average Bonchev–Trinajstić information content (AvgIpc) is 3.30. The molecule has 0 radical (unpaired) electrons. The fourth-order valence-corrected chi connectivity index (χ4v) is 5.13. The van der Waals surface area contributed by atoms with E-state index >= 15 is 0 Å². The number of H-pyrrole nitrogens is 1. The topological polar surface area (TPSA) is 57.8 Å². The van der Waals surface area contributed by atoms with Crippen LogP contribution in [0.3, 0.4) is 0 Å². The van der Waals surface area contributed by atoms with Crippen LogP contribution in [-0.4, -0.2) is 42.2 Å². The Morgan fingerprint density at radius 3 is 2.76 bits per heavy atom. The van der Waals surface area contributed by atoms with Gasteiger partial charge in [-0.1, -0.05) is 31.4 Å². The van der Waals surface area contributed by atoms with Gasteiger partial charge in [0.2, 0.25) is 0 Å². The fourth-order valence-electron chi connectivity index (χ4n) is 5.13. The number of fused-ring (bicyclic) bond motifs is 1. The zero-order chi connectivity index (χ0) is 23.5.